The van der Waals surface area contributed by atoms with Crippen LogP contribution in [-0.4, -0.2) is 282 Å². The SMILES string of the molecule is C.CC.CC.CC.CC(=O)N1CC(N2CCN([C-]=O)CC2)C1.CC(=O)O.CO.COC.COC.COC.COC(C)=O.COC(C)=O.O.O=O.O=[C-]N1CCN(C2CNC2)CC1.OOO.OOOO.[B]B([B])[B].[Y].[Y].c1ccccc1.c1ccccc1.c1ccccc1.c1ccccc1. The minimum atomic E-state index is -0.833. The van der Waals surface area contributed by atoms with Gasteiger partial charge in [0.2, 0.25) is 5.91 Å². The summed E-state index contributed by atoms with van der Waals surface area (Å²) in [5.74, 6) is -1.17. The predicted molar refractivity (Wildman–Crippen MR) is 390 cm³/mol. The number of benzene rings is 4. The van der Waals surface area contributed by atoms with E-state index >= 15 is 0 Å². The maximum absolute atomic E-state index is 11.0. The summed E-state index contributed by atoms with van der Waals surface area (Å²) in [5.41, 5.74) is 0. The molecule has 4 saturated heterocycles. The second-order valence-electron chi connectivity index (χ2n) is 16.2. The Bertz CT molecular complexity index is 1700. The summed E-state index contributed by atoms with van der Waals surface area (Å²) >= 11 is 0. The molecule has 4 aromatic carbocycles. The molecule has 0 saturated carbocycles. The molecule has 0 atom stereocenters. The first-order chi connectivity index (χ1) is 45.7. The Morgan fingerprint density at radius 3 is 0.697 bits per heavy atom. The Hall–Kier alpha value is -4.83. The van der Waals surface area contributed by atoms with E-state index in [0.29, 0.717) is 6.04 Å². The zero-order valence-electron chi connectivity index (χ0n) is 61.4. The summed E-state index contributed by atoms with van der Waals surface area (Å²) in [4.78, 5) is 83.9. The van der Waals surface area contributed by atoms with E-state index in [-0.39, 0.29) is 96.2 Å². The minimum Gasteiger partial charge on any atom is -0.520 e. The number of nitrogens with one attached hydrogen (secondary N) is 1. The first-order valence-corrected chi connectivity index (χ1v) is 29.3. The average Bonchev–Trinajstić information content (AvgIpc) is 0.826. The van der Waals surface area contributed by atoms with Crippen molar-refractivity contribution in [2.24, 2.45) is 0 Å². The topological polar surface area (TPSA) is 392 Å². The van der Waals surface area contributed by atoms with E-state index in [1.165, 1.54) is 28.1 Å². The number of carbonyl (C=O) groups is 4. The molecule has 8 rings (SSSR count). The van der Waals surface area contributed by atoms with Gasteiger partial charge in [-0.2, -0.15) is 12.8 Å². The molecule has 0 aromatic heterocycles. The van der Waals surface area contributed by atoms with Gasteiger partial charge in [-0.3, -0.25) is 29.0 Å². The fourth-order valence-electron chi connectivity index (χ4n) is 5.37. The zero-order chi connectivity index (χ0) is 76.2. The van der Waals surface area contributed by atoms with E-state index in [1.54, 1.807) is 59.4 Å². The number of hydrogen-bond acceptors (Lipinski definition) is 24. The molecule has 4 heterocycles. The van der Waals surface area contributed by atoms with Crippen molar-refractivity contribution in [2.75, 3.05) is 143 Å². The van der Waals surface area contributed by atoms with Crippen molar-refractivity contribution in [2.45, 2.75) is 88.7 Å². The van der Waals surface area contributed by atoms with E-state index < -0.39 is 12.4 Å². The van der Waals surface area contributed by atoms with Gasteiger partial charge in [0.15, 0.2) is 0 Å². The first-order valence-electron chi connectivity index (χ1n) is 29.3. The molecule has 9 N–H and O–H groups in total. The van der Waals surface area contributed by atoms with Gasteiger partial charge >= 0.3 is 11.9 Å². The number of carboxylic acids is 1. The molecule has 3 amide bonds. The number of rotatable bonds is 5. The fraction of sp³-hybridized carbons (Fsp3) is 0.531. The van der Waals surface area contributed by atoms with E-state index in [2.05, 4.69) is 77.1 Å². The number of likely N-dealkylation sites (tertiary alicyclic amines) is 1. The van der Waals surface area contributed by atoms with Crippen molar-refractivity contribution in [3.05, 3.63) is 156 Å². The number of ether oxygens (including phenoxy) is 5. The molecule has 0 aliphatic carbocycles. The van der Waals surface area contributed by atoms with Crippen LogP contribution in [0.15, 0.2) is 146 Å². The molecule has 0 bridgehead atoms. The molecule has 0 unspecified atom stereocenters. The maximum atomic E-state index is 11.0. The number of aliphatic hydroxyl groups excluding tert-OH is 1. The molecule has 4 aliphatic rings. The Balaban J connectivity index is -0.0000000541. The standard InChI is InChI=1S/C10H16N3O2.C8H14N3O.4C6H6.2C3H6O2.C2H4O2.3C2H6O.3C2H6.CH4O.CH4.B4.H2O4.H2O3.O2.H2O.2Y/c1-9(15)13-6-10(7-13)12-4-2-11(8-14)3-5-12;12-7-10-1-3-11(4-2-10)8-5-9-6-8;4*1-2-4-6-5-3-1;2*1-3(4)5-2;1-2(3)4;3*1-3-2;4*1-2;;1-4(2)3;1-3-4-2;1-3-2;1-2;;;/h10H,2-7H2,1H3;8-9H,1-6H2;4*1-6H;2*1-2H3;1H3,(H,3,4);3*1-2H3;3*1-2H3;2H,1H3;1H4;;1-2H;1-2H;;1H2;;/q2*-1;;;;;;;;;;;;;;;;;;;;;;. The Morgan fingerprint density at radius 1 is 0.444 bits per heavy atom. The number of methoxy groups -OCH3 is 5. The van der Waals surface area contributed by atoms with Crippen LogP contribution >= 0.6 is 0 Å². The minimum absolute atomic E-state index is 0. The molecular formula is C64H120B4N6O23Y2-2. The van der Waals surface area contributed by atoms with Crippen LogP contribution in [-0.2, 0) is 133 Å². The van der Waals surface area contributed by atoms with Gasteiger partial charge in [0.25, 0.3) is 5.97 Å². The molecule has 564 valence electrons. The number of amides is 3. The third-order valence-corrected chi connectivity index (χ3v) is 9.26. The Kier molecular flexibility index (Phi) is 175. The van der Waals surface area contributed by atoms with E-state index in [9.17, 15) is 24.0 Å². The number of aliphatic hydroxyl groups is 1. The molecule has 99 heavy (non-hydrogen) atoms. The number of carboxylic acid groups (broad SMARTS) is 1. The molecular weight excluding hydrogens is 1440 g/mol. The van der Waals surface area contributed by atoms with Crippen molar-refractivity contribution < 1.29 is 170 Å². The second kappa shape index (κ2) is 130. The second-order valence-corrected chi connectivity index (χ2v) is 16.2. The summed E-state index contributed by atoms with van der Waals surface area (Å²) in [6.45, 7) is 28.4. The zero-order valence-corrected chi connectivity index (χ0v) is 67.1. The average molecular weight is 1560 g/mol. The first kappa shape index (κ1) is 134. The van der Waals surface area contributed by atoms with Crippen molar-refractivity contribution in [3.8, 4) is 0 Å². The number of piperazine rings is 2. The van der Waals surface area contributed by atoms with Gasteiger partial charge in [-0.15, -0.1) is 0 Å². The third-order valence-electron chi connectivity index (χ3n) is 9.26. The molecule has 4 aromatic rings. The van der Waals surface area contributed by atoms with Gasteiger partial charge in [-0.1, -0.05) is 200 Å². The molecule has 8 radical (unpaired) electrons. The number of nitrogens with zero attached hydrogens (tertiary/aromatic N) is 5. The van der Waals surface area contributed by atoms with E-state index in [0.717, 1.165) is 98.6 Å². The van der Waals surface area contributed by atoms with Crippen LogP contribution < -0.4 is 5.32 Å². The quantitative estimate of drug-likeness (QED) is 0.0374. The van der Waals surface area contributed by atoms with E-state index in [4.69, 9.17) is 46.0 Å². The molecule has 4 fully saturated rings. The van der Waals surface area contributed by atoms with Crippen LogP contribution in [0, 0.1) is 9.93 Å². The Labute approximate surface area is 647 Å². The summed E-state index contributed by atoms with van der Waals surface area (Å²) in [6, 6.07) is 49.2. The molecule has 29 nitrogen and oxygen atoms in total. The largest absolute Gasteiger partial charge is 0.520 e. The van der Waals surface area contributed by atoms with Crippen LogP contribution in [0.2, 0.25) is 0 Å². The van der Waals surface area contributed by atoms with Crippen LogP contribution in [0.5, 0.6) is 0 Å². The molecule has 35 heteroatoms. The summed E-state index contributed by atoms with van der Waals surface area (Å²) < 4.78 is 21.0. The number of esters is 2. The normalized spacial score (nSPS) is 11.3. The van der Waals surface area contributed by atoms with Crippen LogP contribution in [0.4, 0.5) is 0 Å². The van der Waals surface area contributed by atoms with Crippen molar-refractivity contribution in [3.63, 3.8) is 0 Å². The van der Waals surface area contributed by atoms with E-state index in [1.807, 2.05) is 205 Å². The number of aliphatic carboxylic acids is 1. The summed E-state index contributed by atoms with van der Waals surface area (Å²) in [7, 11) is 27.4. The Morgan fingerprint density at radius 2 is 0.596 bits per heavy atom. The smallest absolute Gasteiger partial charge is 0.302 e. The monoisotopic (exact) mass is 1560 g/mol. The van der Waals surface area contributed by atoms with Crippen molar-refractivity contribution >= 4 is 66.2 Å². The fourth-order valence-corrected chi connectivity index (χ4v) is 5.37. The number of carbonyl (C=O) groups excluding carboxylic acids is 5. The third kappa shape index (κ3) is 141. The van der Waals surface area contributed by atoms with Gasteiger partial charge in [0.1, 0.15) is 0 Å². The van der Waals surface area contributed by atoms with Crippen molar-refractivity contribution in [1.82, 2.24) is 29.8 Å². The maximum Gasteiger partial charge on any atom is 0.302 e. The van der Waals surface area contributed by atoms with Gasteiger partial charge in [0.05, 0.1) is 14.2 Å². The molecule has 0 spiro atoms. The van der Waals surface area contributed by atoms with Crippen LogP contribution in [0.25, 0.3) is 0 Å². The van der Waals surface area contributed by atoms with Gasteiger partial charge in [0, 0.05) is 273 Å². The van der Waals surface area contributed by atoms with Gasteiger partial charge < -0.3 is 69.0 Å². The van der Waals surface area contributed by atoms with Gasteiger partial charge in [-0.25, -0.2) is 21.0 Å². The van der Waals surface area contributed by atoms with Crippen LogP contribution in [0.1, 0.15) is 76.7 Å². The summed E-state index contributed by atoms with van der Waals surface area (Å²) in [6.07, 6.45) is 3.19. The number of hydrogen-bond donors (Lipinski definition) is 7. The van der Waals surface area contributed by atoms with Gasteiger partial charge in [-0.05, 0) is 10.1 Å². The van der Waals surface area contributed by atoms with Crippen LogP contribution in [0.3, 0.4) is 0 Å². The van der Waals surface area contributed by atoms with Crippen molar-refractivity contribution in [1.29, 1.82) is 0 Å². The summed E-state index contributed by atoms with van der Waals surface area (Å²) in [5, 5.41) is 52.2. The predicted octanol–water partition coefficient (Wildman–Crippen LogP) is 6.40. The molecule has 4 aliphatic heterocycles.